The molecule has 21 heavy (non-hydrogen) atoms. The minimum absolute atomic E-state index is 0.0987. The van der Waals surface area contributed by atoms with Gasteiger partial charge in [-0.3, -0.25) is 4.79 Å². The molecule has 0 aromatic carbocycles. The second-order valence-corrected chi connectivity index (χ2v) is 7.88. The van der Waals surface area contributed by atoms with Gasteiger partial charge in [0.05, 0.1) is 12.2 Å². The van der Waals surface area contributed by atoms with E-state index in [1.54, 1.807) is 0 Å². The van der Waals surface area contributed by atoms with Crippen LogP contribution in [-0.4, -0.2) is 26.5 Å². The molecule has 2 rings (SSSR count). The van der Waals surface area contributed by atoms with E-state index in [0.717, 1.165) is 16.8 Å². The maximum absolute atomic E-state index is 10.8. The molecular formula is C15H24N2O3S. The van der Waals surface area contributed by atoms with E-state index < -0.39 is 5.97 Å². The lowest BCUT2D eigenvalue weighted by molar-refractivity contribution is -0.139. The SMILES string of the molecule is CC(C)(CC(=O)O)Cc1nc(CSC2CCCCC2)no1. The van der Waals surface area contributed by atoms with Gasteiger partial charge in [0, 0.05) is 11.7 Å². The molecule has 1 aliphatic rings. The smallest absolute Gasteiger partial charge is 0.303 e. The Hall–Kier alpha value is -1.04. The second-order valence-electron chi connectivity index (χ2n) is 6.59. The first-order valence-corrected chi connectivity index (χ1v) is 8.64. The van der Waals surface area contributed by atoms with E-state index in [-0.39, 0.29) is 11.8 Å². The largest absolute Gasteiger partial charge is 0.481 e. The van der Waals surface area contributed by atoms with Crippen molar-refractivity contribution in [3.05, 3.63) is 11.7 Å². The highest BCUT2D eigenvalue weighted by Gasteiger charge is 2.25. The van der Waals surface area contributed by atoms with E-state index in [0.29, 0.717) is 12.3 Å². The number of rotatable bonds is 7. The van der Waals surface area contributed by atoms with Crippen LogP contribution >= 0.6 is 11.8 Å². The zero-order valence-corrected chi connectivity index (χ0v) is 13.6. The molecule has 0 aliphatic heterocycles. The summed E-state index contributed by atoms with van der Waals surface area (Å²) < 4.78 is 5.25. The number of carboxylic acid groups (broad SMARTS) is 1. The van der Waals surface area contributed by atoms with Crippen LogP contribution in [0.2, 0.25) is 0 Å². The fraction of sp³-hybridized carbons (Fsp3) is 0.800. The Kier molecular flexibility index (Phi) is 5.67. The van der Waals surface area contributed by atoms with E-state index in [2.05, 4.69) is 10.1 Å². The van der Waals surface area contributed by atoms with Crippen LogP contribution < -0.4 is 0 Å². The van der Waals surface area contributed by atoms with Crippen LogP contribution in [0.15, 0.2) is 4.52 Å². The molecule has 118 valence electrons. The monoisotopic (exact) mass is 312 g/mol. The summed E-state index contributed by atoms with van der Waals surface area (Å²) in [7, 11) is 0. The molecule has 5 nitrogen and oxygen atoms in total. The molecule has 0 saturated heterocycles. The van der Waals surface area contributed by atoms with Crippen LogP contribution in [0.4, 0.5) is 0 Å². The predicted molar refractivity (Wildman–Crippen MR) is 82.2 cm³/mol. The molecule has 1 aromatic heterocycles. The number of carbonyl (C=O) groups is 1. The molecule has 6 heteroatoms. The summed E-state index contributed by atoms with van der Waals surface area (Å²) in [6.07, 6.45) is 7.21. The van der Waals surface area contributed by atoms with Gasteiger partial charge in [-0.15, -0.1) is 0 Å². The molecule has 0 atom stereocenters. The van der Waals surface area contributed by atoms with Gasteiger partial charge < -0.3 is 9.63 Å². The number of hydrogen-bond acceptors (Lipinski definition) is 5. The van der Waals surface area contributed by atoms with E-state index in [4.69, 9.17) is 9.63 Å². The summed E-state index contributed by atoms with van der Waals surface area (Å²) in [6, 6.07) is 0. The van der Waals surface area contributed by atoms with Crippen molar-refractivity contribution in [3.63, 3.8) is 0 Å². The summed E-state index contributed by atoms with van der Waals surface area (Å²) in [4.78, 5) is 15.2. The first-order valence-electron chi connectivity index (χ1n) is 7.59. The van der Waals surface area contributed by atoms with Gasteiger partial charge in [-0.25, -0.2) is 0 Å². The van der Waals surface area contributed by atoms with Crippen molar-refractivity contribution in [1.82, 2.24) is 10.1 Å². The number of carboxylic acids is 1. The van der Waals surface area contributed by atoms with E-state index in [9.17, 15) is 4.79 Å². The van der Waals surface area contributed by atoms with E-state index >= 15 is 0 Å². The van der Waals surface area contributed by atoms with Crippen molar-refractivity contribution < 1.29 is 14.4 Å². The van der Waals surface area contributed by atoms with Crippen molar-refractivity contribution >= 4 is 17.7 Å². The van der Waals surface area contributed by atoms with Gasteiger partial charge in [-0.05, 0) is 18.3 Å². The van der Waals surface area contributed by atoms with Crippen LogP contribution in [-0.2, 0) is 17.0 Å². The lowest BCUT2D eigenvalue weighted by atomic mass is 9.86. The Labute approximate surface area is 129 Å². The fourth-order valence-electron chi connectivity index (χ4n) is 2.73. The number of nitrogens with zero attached hydrogens (tertiary/aromatic N) is 2. The van der Waals surface area contributed by atoms with Crippen molar-refractivity contribution in [2.45, 2.75) is 69.8 Å². The molecule has 0 spiro atoms. The molecule has 1 saturated carbocycles. The Morgan fingerprint density at radius 2 is 2.10 bits per heavy atom. The molecule has 0 bridgehead atoms. The predicted octanol–water partition coefficient (Wildman–Crippen LogP) is 3.68. The Bertz CT molecular complexity index is 467. The quantitative estimate of drug-likeness (QED) is 0.827. The normalized spacial score (nSPS) is 17.0. The number of aliphatic carboxylic acids is 1. The number of thioether (sulfide) groups is 1. The maximum Gasteiger partial charge on any atom is 0.303 e. The number of hydrogen-bond donors (Lipinski definition) is 1. The van der Waals surface area contributed by atoms with E-state index in [1.165, 1.54) is 32.1 Å². The molecule has 1 aromatic rings. The third kappa shape index (κ3) is 5.69. The zero-order valence-electron chi connectivity index (χ0n) is 12.8. The lowest BCUT2D eigenvalue weighted by Crippen LogP contribution is -2.19. The number of aromatic nitrogens is 2. The van der Waals surface area contributed by atoms with Crippen LogP contribution in [0, 0.1) is 5.41 Å². The van der Waals surface area contributed by atoms with Crippen LogP contribution in [0.3, 0.4) is 0 Å². The van der Waals surface area contributed by atoms with Gasteiger partial charge in [0.25, 0.3) is 0 Å². The molecule has 1 N–H and O–H groups in total. The average Bonchev–Trinajstić information content (AvgIpc) is 2.82. The minimum atomic E-state index is -0.799. The summed E-state index contributed by atoms with van der Waals surface area (Å²) in [5.41, 5.74) is -0.369. The summed E-state index contributed by atoms with van der Waals surface area (Å²) in [5, 5.41) is 13.6. The highest BCUT2D eigenvalue weighted by Crippen LogP contribution is 2.30. The zero-order chi connectivity index (χ0) is 15.3. The highest BCUT2D eigenvalue weighted by molar-refractivity contribution is 7.99. The van der Waals surface area contributed by atoms with Crippen LogP contribution in [0.5, 0.6) is 0 Å². The first kappa shape index (κ1) is 16.3. The first-order chi connectivity index (χ1) is 9.94. The molecule has 1 fully saturated rings. The minimum Gasteiger partial charge on any atom is -0.481 e. The van der Waals surface area contributed by atoms with Crippen molar-refractivity contribution in [1.29, 1.82) is 0 Å². The Morgan fingerprint density at radius 1 is 1.38 bits per heavy atom. The summed E-state index contributed by atoms with van der Waals surface area (Å²) in [6.45, 7) is 3.81. The second kappa shape index (κ2) is 7.29. The van der Waals surface area contributed by atoms with Gasteiger partial charge in [0.1, 0.15) is 0 Å². The molecular weight excluding hydrogens is 288 g/mol. The molecule has 0 unspecified atom stereocenters. The Balaban J connectivity index is 1.81. The summed E-state index contributed by atoms with van der Waals surface area (Å²) in [5.74, 6) is 1.26. The maximum atomic E-state index is 10.8. The van der Waals surface area contributed by atoms with Crippen molar-refractivity contribution in [2.75, 3.05) is 0 Å². The third-order valence-corrected chi connectivity index (χ3v) is 5.14. The topological polar surface area (TPSA) is 76.2 Å². The van der Waals surface area contributed by atoms with E-state index in [1.807, 2.05) is 25.6 Å². The van der Waals surface area contributed by atoms with Gasteiger partial charge in [-0.2, -0.15) is 16.7 Å². The standard InChI is InChI=1S/C15H24N2O3S/c1-15(2,9-14(18)19)8-13-16-12(17-20-13)10-21-11-6-4-3-5-7-11/h11H,3-10H2,1-2H3,(H,18,19). The van der Waals surface area contributed by atoms with Crippen LogP contribution in [0.1, 0.15) is 64.1 Å². The molecule has 1 heterocycles. The van der Waals surface area contributed by atoms with Gasteiger partial charge >= 0.3 is 5.97 Å². The molecule has 0 amide bonds. The van der Waals surface area contributed by atoms with Crippen LogP contribution in [0.25, 0.3) is 0 Å². The van der Waals surface area contributed by atoms with Crippen molar-refractivity contribution in [3.8, 4) is 0 Å². The molecule has 0 radical (unpaired) electrons. The average molecular weight is 312 g/mol. The van der Waals surface area contributed by atoms with Crippen molar-refractivity contribution in [2.24, 2.45) is 5.41 Å². The van der Waals surface area contributed by atoms with Gasteiger partial charge in [-0.1, -0.05) is 38.3 Å². The van der Waals surface area contributed by atoms with Gasteiger partial charge in [0.15, 0.2) is 5.82 Å². The third-order valence-electron chi connectivity index (χ3n) is 3.77. The summed E-state index contributed by atoms with van der Waals surface area (Å²) >= 11 is 1.91. The highest BCUT2D eigenvalue weighted by atomic mass is 32.2. The molecule has 1 aliphatic carbocycles. The van der Waals surface area contributed by atoms with Gasteiger partial charge in [0.2, 0.25) is 5.89 Å². The lowest BCUT2D eigenvalue weighted by Gasteiger charge is -2.20. The fourth-order valence-corrected chi connectivity index (χ4v) is 3.89. The Morgan fingerprint density at radius 3 is 2.76 bits per heavy atom.